The molecule has 0 aromatic heterocycles. The zero-order valence-electron chi connectivity index (χ0n) is 12.1. The molecule has 0 saturated carbocycles. The third-order valence-corrected chi connectivity index (χ3v) is 4.19. The third-order valence-electron chi connectivity index (χ3n) is 4.19. The lowest BCUT2D eigenvalue weighted by Crippen LogP contribution is -2.28. The van der Waals surface area contributed by atoms with Gasteiger partial charge in [0.15, 0.2) is 0 Å². The second-order valence-electron chi connectivity index (χ2n) is 5.66. The van der Waals surface area contributed by atoms with E-state index < -0.39 is 5.60 Å². The van der Waals surface area contributed by atoms with Crippen LogP contribution in [0.1, 0.15) is 63.9 Å². The van der Waals surface area contributed by atoms with Gasteiger partial charge in [-0.2, -0.15) is 0 Å². The molecule has 1 nitrogen and oxygen atoms in total. The van der Waals surface area contributed by atoms with Crippen molar-refractivity contribution in [3.05, 3.63) is 47.5 Å². The van der Waals surface area contributed by atoms with Gasteiger partial charge in [-0.1, -0.05) is 62.6 Å². The van der Waals surface area contributed by atoms with Gasteiger partial charge in [0.25, 0.3) is 0 Å². The van der Waals surface area contributed by atoms with Crippen molar-refractivity contribution >= 4 is 0 Å². The fourth-order valence-electron chi connectivity index (χ4n) is 3.13. The SMILES string of the molecule is CCCC(O)(/C1=C/CCCCCC1)c1ccccc1. The number of benzene rings is 1. The van der Waals surface area contributed by atoms with E-state index in [4.69, 9.17) is 0 Å². The van der Waals surface area contributed by atoms with Gasteiger partial charge >= 0.3 is 0 Å². The van der Waals surface area contributed by atoms with Crippen LogP contribution in [0.4, 0.5) is 0 Å². The van der Waals surface area contributed by atoms with Gasteiger partial charge in [-0.05, 0) is 43.2 Å². The van der Waals surface area contributed by atoms with Crippen molar-refractivity contribution in [3.63, 3.8) is 0 Å². The van der Waals surface area contributed by atoms with E-state index >= 15 is 0 Å². The van der Waals surface area contributed by atoms with E-state index in [2.05, 4.69) is 25.1 Å². The zero-order chi connectivity index (χ0) is 13.6. The Hall–Kier alpha value is -1.08. The fraction of sp³-hybridized carbons (Fsp3) is 0.556. The number of allylic oxidation sites excluding steroid dienone is 1. The van der Waals surface area contributed by atoms with Gasteiger partial charge in [-0.15, -0.1) is 0 Å². The summed E-state index contributed by atoms with van der Waals surface area (Å²) in [7, 11) is 0. The molecule has 1 heteroatoms. The van der Waals surface area contributed by atoms with E-state index in [0.717, 1.165) is 31.2 Å². The van der Waals surface area contributed by atoms with E-state index in [0.29, 0.717) is 0 Å². The molecule has 1 aromatic rings. The van der Waals surface area contributed by atoms with Crippen LogP contribution in [0.2, 0.25) is 0 Å². The topological polar surface area (TPSA) is 20.2 Å². The molecule has 1 aliphatic rings. The molecule has 1 unspecified atom stereocenters. The number of rotatable bonds is 4. The molecule has 0 spiro atoms. The summed E-state index contributed by atoms with van der Waals surface area (Å²) in [6, 6.07) is 10.2. The largest absolute Gasteiger partial charge is 0.381 e. The van der Waals surface area contributed by atoms with Crippen molar-refractivity contribution in [3.8, 4) is 0 Å². The normalized spacial score (nSPS) is 22.7. The van der Waals surface area contributed by atoms with Gasteiger partial charge in [0.2, 0.25) is 0 Å². The Bertz CT molecular complexity index is 407. The Morgan fingerprint density at radius 3 is 2.53 bits per heavy atom. The molecule has 0 heterocycles. The maximum atomic E-state index is 11.3. The molecule has 0 fully saturated rings. The molecule has 0 amide bonds. The van der Waals surface area contributed by atoms with E-state index in [1.54, 1.807) is 0 Å². The molecular weight excluding hydrogens is 232 g/mol. The molecule has 1 N–H and O–H groups in total. The number of hydrogen-bond acceptors (Lipinski definition) is 1. The van der Waals surface area contributed by atoms with Crippen molar-refractivity contribution < 1.29 is 5.11 Å². The molecule has 1 atom stereocenters. The summed E-state index contributed by atoms with van der Waals surface area (Å²) in [6.07, 6.45) is 11.4. The van der Waals surface area contributed by atoms with Gasteiger partial charge < -0.3 is 5.11 Å². The summed E-state index contributed by atoms with van der Waals surface area (Å²) in [5.74, 6) is 0. The Labute approximate surface area is 117 Å². The van der Waals surface area contributed by atoms with Crippen LogP contribution in [0.15, 0.2) is 42.0 Å². The highest BCUT2D eigenvalue weighted by atomic mass is 16.3. The van der Waals surface area contributed by atoms with Gasteiger partial charge in [-0.25, -0.2) is 0 Å². The Kier molecular flexibility index (Phi) is 5.21. The van der Waals surface area contributed by atoms with Crippen LogP contribution in [-0.4, -0.2) is 5.11 Å². The maximum Gasteiger partial charge on any atom is 0.111 e. The van der Waals surface area contributed by atoms with Crippen molar-refractivity contribution in [2.45, 2.75) is 63.9 Å². The maximum absolute atomic E-state index is 11.3. The molecule has 0 saturated heterocycles. The quantitative estimate of drug-likeness (QED) is 0.757. The first-order valence-corrected chi connectivity index (χ1v) is 7.75. The van der Waals surface area contributed by atoms with Crippen molar-refractivity contribution in [1.82, 2.24) is 0 Å². The van der Waals surface area contributed by atoms with Crippen LogP contribution in [0, 0.1) is 0 Å². The average Bonchev–Trinajstić information content (AvgIpc) is 2.39. The van der Waals surface area contributed by atoms with Crippen molar-refractivity contribution in [1.29, 1.82) is 0 Å². The summed E-state index contributed by atoms with van der Waals surface area (Å²) in [6.45, 7) is 2.15. The van der Waals surface area contributed by atoms with E-state index in [-0.39, 0.29) is 0 Å². The van der Waals surface area contributed by atoms with Crippen LogP contribution >= 0.6 is 0 Å². The predicted molar refractivity (Wildman–Crippen MR) is 81.0 cm³/mol. The minimum absolute atomic E-state index is 0.743. The minimum Gasteiger partial charge on any atom is -0.381 e. The molecule has 0 radical (unpaired) electrons. The van der Waals surface area contributed by atoms with Gasteiger partial charge in [-0.3, -0.25) is 0 Å². The van der Waals surface area contributed by atoms with E-state index in [1.165, 1.54) is 31.3 Å². The molecular formula is C18H26O. The van der Waals surface area contributed by atoms with Crippen LogP contribution in [-0.2, 0) is 5.60 Å². The van der Waals surface area contributed by atoms with Gasteiger partial charge in [0.1, 0.15) is 5.60 Å². The lowest BCUT2D eigenvalue weighted by Gasteiger charge is -2.32. The highest BCUT2D eigenvalue weighted by molar-refractivity contribution is 5.33. The van der Waals surface area contributed by atoms with E-state index in [1.807, 2.05) is 18.2 Å². The second-order valence-corrected chi connectivity index (χ2v) is 5.66. The summed E-state index contributed by atoms with van der Waals surface area (Å²) in [4.78, 5) is 0. The van der Waals surface area contributed by atoms with Gasteiger partial charge in [0, 0.05) is 0 Å². The smallest absolute Gasteiger partial charge is 0.111 e. The first kappa shape index (κ1) is 14.3. The molecule has 0 bridgehead atoms. The Balaban J connectivity index is 2.32. The molecule has 2 rings (SSSR count). The van der Waals surface area contributed by atoms with Crippen LogP contribution in [0.3, 0.4) is 0 Å². The molecule has 19 heavy (non-hydrogen) atoms. The zero-order valence-corrected chi connectivity index (χ0v) is 12.1. The molecule has 1 aliphatic carbocycles. The summed E-state index contributed by atoms with van der Waals surface area (Å²) in [5.41, 5.74) is 1.57. The second kappa shape index (κ2) is 6.91. The van der Waals surface area contributed by atoms with Crippen LogP contribution in [0.25, 0.3) is 0 Å². The number of hydrogen-bond donors (Lipinski definition) is 1. The summed E-state index contributed by atoms with van der Waals surface area (Å²) in [5, 5.41) is 11.3. The molecule has 104 valence electrons. The molecule has 1 aromatic carbocycles. The number of aliphatic hydroxyl groups is 1. The summed E-state index contributed by atoms with van der Waals surface area (Å²) < 4.78 is 0. The van der Waals surface area contributed by atoms with Crippen LogP contribution in [0.5, 0.6) is 0 Å². The van der Waals surface area contributed by atoms with E-state index in [9.17, 15) is 5.11 Å². The highest BCUT2D eigenvalue weighted by Gasteiger charge is 2.32. The fourth-order valence-corrected chi connectivity index (χ4v) is 3.13. The average molecular weight is 258 g/mol. The standard InChI is InChI=1S/C18H26O/c1-2-15-18(19,17-13-9-6-10-14-17)16-11-7-4-3-5-8-12-16/h6,9-11,13-14,19H,2-5,7-8,12,15H2,1H3/b16-11+. The Morgan fingerprint density at radius 2 is 1.79 bits per heavy atom. The predicted octanol–water partition coefficient (Wildman–Crippen LogP) is 4.95. The Morgan fingerprint density at radius 1 is 1.05 bits per heavy atom. The van der Waals surface area contributed by atoms with Crippen molar-refractivity contribution in [2.75, 3.05) is 0 Å². The summed E-state index contributed by atoms with van der Waals surface area (Å²) >= 11 is 0. The van der Waals surface area contributed by atoms with Gasteiger partial charge in [0.05, 0.1) is 0 Å². The lowest BCUT2D eigenvalue weighted by atomic mass is 9.79. The monoisotopic (exact) mass is 258 g/mol. The molecule has 0 aliphatic heterocycles. The van der Waals surface area contributed by atoms with Crippen molar-refractivity contribution in [2.24, 2.45) is 0 Å². The first-order chi connectivity index (χ1) is 9.27. The highest BCUT2D eigenvalue weighted by Crippen LogP contribution is 2.38. The minimum atomic E-state index is -0.743. The third kappa shape index (κ3) is 3.48. The first-order valence-electron chi connectivity index (χ1n) is 7.75. The lowest BCUT2D eigenvalue weighted by molar-refractivity contribution is 0.0609. The van der Waals surface area contributed by atoms with Crippen LogP contribution < -0.4 is 0 Å².